The molecule has 0 aliphatic heterocycles. The highest BCUT2D eigenvalue weighted by Gasteiger charge is 2.31. The molecular formula is C15H26N2S. The van der Waals surface area contributed by atoms with E-state index < -0.39 is 0 Å². The summed E-state index contributed by atoms with van der Waals surface area (Å²) < 4.78 is 0. The second-order valence-electron chi connectivity index (χ2n) is 6.62. The molecule has 0 radical (unpaired) electrons. The van der Waals surface area contributed by atoms with Gasteiger partial charge < -0.3 is 5.32 Å². The van der Waals surface area contributed by atoms with Crippen LogP contribution in [0.3, 0.4) is 0 Å². The van der Waals surface area contributed by atoms with Gasteiger partial charge in [0.2, 0.25) is 0 Å². The van der Waals surface area contributed by atoms with Gasteiger partial charge in [0.1, 0.15) is 0 Å². The van der Waals surface area contributed by atoms with E-state index in [-0.39, 0.29) is 0 Å². The summed E-state index contributed by atoms with van der Waals surface area (Å²) in [4.78, 5) is 4.77. The van der Waals surface area contributed by atoms with E-state index in [1.54, 1.807) is 0 Å². The first kappa shape index (κ1) is 14.0. The number of nitrogens with one attached hydrogen (secondary N) is 1. The van der Waals surface area contributed by atoms with E-state index in [1.807, 2.05) is 18.4 Å². The molecule has 18 heavy (non-hydrogen) atoms. The minimum absolute atomic E-state index is 0.477. The highest BCUT2D eigenvalue weighted by Crippen LogP contribution is 2.43. The van der Waals surface area contributed by atoms with E-state index in [1.165, 1.54) is 36.4 Å². The summed E-state index contributed by atoms with van der Waals surface area (Å²) in [6, 6.07) is 0. The third kappa shape index (κ3) is 3.33. The molecule has 1 N–H and O–H groups in total. The van der Waals surface area contributed by atoms with Crippen LogP contribution < -0.4 is 5.32 Å². The molecule has 0 saturated heterocycles. The number of rotatable bonds is 3. The zero-order chi connectivity index (χ0) is 13.2. The Kier molecular flexibility index (Phi) is 4.44. The van der Waals surface area contributed by atoms with Crippen molar-refractivity contribution in [3.05, 3.63) is 16.1 Å². The molecule has 1 aliphatic rings. The predicted molar refractivity (Wildman–Crippen MR) is 79.0 cm³/mol. The first-order valence-corrected chi connectivity index (χ1v) is 7.97. The fourth-order valence-electron chi connectivity index (χ4n) is 2.98. The van der Waals surface area contributed by atoms with Gasteiger partial charge in [0.05, 0.1) is 10.7 Å². The Bertz CT molecular complexity index is 370. The predicted octanol–water partition coefficient (Wildman–Crippen LogP) is 4.18. The Labute approximate surface area is 115 Å². The molecule has 102 valence electrons. The Morgan fingerprint density at radius 1 is 1.28 bits per heavy atom. The van der Waals surface area contributed by atoms with Crippen molar-refractivity contribution >= 4 is 11.3 Å². The molecule has 3 heteroatoms. The summed E-state index contributed by atoms with van der Waals surface area (Å²) in [5, 5.41) is 6.75. The number of hydrogen-bond acceptors (Lipinski definition) is 3. The Morgan fingerprint density at radius 2 is 1.94 bits per heavy atom. The topological polar surface area (TPSA) is 24.9 Å². The van der Waals surface area contributed by atoms with E-state index in [0.29, 0.717) is 5.41 Å². The van der Waals surface area contributed by atoms with Gasteiger partial charge in [0, 0.05) is 17.8 Å². The molecule has 1 aliphatic carbocycles. The maximum atomic E-state index is 4.77. The van der Waals surface area contributed by atoms with Crippen LogP contribution in [0.25, 0.3) is 0 Å². The smallest absolute Gasteiger partial charge is 0.0959 e. The van der Waals surface area contributed by atoms with Gasteiger partial charge in [0.15, 0.2) is 0 Å². The van der Waals surface area contributed by atoms with E-state index in [0.717, 1.165) is 18.4 Å². The average molecular weight is 266 g/mol. The van der Waals surface area contributed by atoms with Crippen molar-refractivity contribution in [3.63, 3.8) is 0 Å². The quantitative estimate of drug-likeness (QED) is 0.887. The molecule has 1 aromatic rings. The van der Waals surface area contributed by atoms with Crippen LogP contribution in [-0.4, -0.2) is 12.0 Å². The summed E-state index contributed by atoms with van der Waals surface area (Å²) in [7, 11) is 1.98. The fourth-order valence-corrected chi connectivity index (χ4v) is 3.97. The highest BCUT2D eigenvalue weighted by atomic mass is 32.1. The molecule has 2 rings (SSSR count). The minimum Gasteiger partial charge on any atom is -0.314 e. The summed E-state index contributed by atoms with van der Waals surface area (Å²) in [5.74, 6) is 1.62. The lowest BCUT2D eigenvalue weighted by Crippen LogP contribution is -2.25. The van der Waals surface area contributed by atoms with Crippen LogP contribution >= 0.6 is 11.3 Å². The number of hydrogen-bond donors (Lipinski definition) is 1. The molecule has 1 fully saturated rings. The lowest BCUT2D eigenvalue weighted by atomic mass is 9.70. The molecule has 1 heterocycles. The third-order valence-corrected chi connectivity index (χ3v) is 5.28. The second-order valence-corrected chi connectivity index (χ2v) is 7.51. The van der Waals surface area contributed by atoms with Crippen molar-refractivity contribution < 1.29 is 0 Å². The van der Waals surface area contributed by atoms with Crippen LogP contribution in [0.1, 0.15) is 63.1 Å². The maximum Gasteiger partial charge on any atom is 0.0959 e. The number of nitrogens with zero attached hydrogens (tertiary/aromatic N) is 1. The Morgan fingerprint density at radius 3 is 2.50 bits per heavy atom. The Hall–Kier alpha value is -0.410. The molecule has 1 aromatic heterocycles. The van der Waals surface area contributed by atoms with Gasteiger partial charge in [-0.15, -0.1) is 11.3 Å². The minimum atomic E-state index is 0.477. The normalized spacial score (nSPS) is 25.3. The molecule has 0 unspecified atom stereocenters. The lowest BCUT2D eigenvalue weighted by molar-refractivity contribution is 0.169. The molecule has 1 saturated carbocycles. The fraction of sp³-hybridized carbons (Fsp3) is 0.800. The van der Waals surface area contributed by atoms with Crippen LogP contribution in [0.15, 0.2) is 5.38 Å². The standard InChI is InChI=1S/C15H26N2S/c1-15(2,3)12-7-5-11(6-8-12)14-17-13(9-16-4)10-18-14/h10-12,16H,5-9H2,1-4H3. The third-order valence-electron chi connectivity index (χ3n) is 4.23. The zero-order valence-corrected chi connectivity index (χ0v) is 12.9. The van der Waals surface area contributed by atoms with Crippen LogP contribution in [0.5, 0.6) is 0 Å². The SMILES string of the molecule is CNCc1csc(C2CCC(C(C)(C)C)CC2)n1. The average Bonchev–Trinajstić information content (AvgIpc) is 2.77. The molecule has 0 aromatic carbocycles. The number of aromatic nitrogens is 1. The highest BCUT2D eigenvalue weighted by molar-refractivity contribution is 7.09. The van der Waals surface area contributed by atoms with Crippen molar-refractivity contribution in [2.24, 2.45) is 11.3 Å². The first-order chi connectivity index (χ1) is 8.50. The first-order valence-electron chi connectivity index (χ1n) is 7.09. The van der Waals surface area contributed by atoms with Crippen molar-refractivity contribution in [2.45, 2.75) is 58.9 Å². The second kappa shape index (κ2) is 5.70. The molecule has 0 amide bonds. The van der Waals surface area contributed by atoms with Gasteiger partial charge in [0.25, 0.3) is 0 Å². The lowest BCUT2D eigenvalue weighted by Gasteiger charge is -2.36. The van der Waals surface area contributed by atoms with Crippen molar-refractivity contribution in [3.8, 4) is 0 Å². The van der Waals surface area contributed by atoms with E-state index >= 15 is 0 Å². The summed E-state index contributed by atoms with van der Waals surface area (Å²) >= 11 is 1.85. The maximum absolute atomic E-state index is 4.77. The van der Waals surface area contributed by atoms with Crippen LogP contribution in [0.2, 0.25) is 0 Å². The monoisotopic (exact) mass is 266 g/mol. The summed E-state index contributed by atoms with van der Waals surface area (Å²) in [5.41, 5.74) is 1.68. The van der Waals surface area contributed by atoms with Gasteiger partial charge in [-0.25, -0.2) is 4.98 Å². The van der Waals surface area contributed by atoms with E-state index in [9.17, 15) is 0 Å². The van der Waals surface area contributed by atoms with Crippen molar-refractivity contribution in [1.82, 2.24) is 10.3 Å². The van der Waals surface area contributed by atoms with E-state index in [4.69, 9.17) is 4.98 Å². The molecule has 0 atom stereocenters. The van der Waals surface area contributed by atoms with Gasteiger partial charge in [-0.2, -0.15) is 0 Å². The van der Waals surface area contributed by atoms with Gasteiger partial charge in [-0.05, 0) is 44.1 Å². The van der Waals surface area contributed by atoms with Crippen LogP contribution in [0, 0.1) is 11.3 Å². The molecule has 0 spiro atoms. The molecular weight excluding hydrogens is 240 g/mol. The molecule has 2 nitrogen and oxygen atoms in total. The van der Waals surface area contributed by atoms with Crippen molar-refractivity contribution in [1.29, 1.82) is 0 Å². The van der Waals surface area contributed by atoms with Gasteiger partial charge >= 0.3 is 0 Å². The van der Waals surface area contributed by atoms with Crippen LogP contribution in [-0.2, 0) is 6.54 Å². The summed E-state index contributed by atoms with van der Waals surface area (Å²) in [6.07, 6.45) is 5.40. The number of thiazole rings is 1. The molecule has 0 bridgehead atoms. The largest absolute Gasteiger partial charge is 0.314 e. The van der Waals surface area contributed by atoms with Gasteiger partial charge in [-0.3, -0.25) is 0 Å². The Balaban J connectivity index is 1.92. The summed E-state index contributed by atoms with van der Waals surface area (Å²) in [6.45, 7) is 8.04. The zero-order valence-electron chi connectivity index (χ0n) is 12.1. The van der Waals surface area contributed by atoms with Gasteiger partial charge in [-0.1, -0.05) is 20.8 Å². The van der Waals surface area contributed by atoms with Crippen molar-refractivity contribution in [2.75, 3.05) is 7.05 Å². The van der Waals surface area contributed by atoms with E-state index in [2.05, 4.69) is 31.5 Å². The van der Waals surface area contributed by atoms with Crippen LogP contribution in [0.4, 0.5) is 0 Å².